The van der Waals surface area contributed by atoms with Gasteiger partial charge in [0.1, 0.15) is 11.6 Å². The van der Waals surface area contributed by atoms with Gasteiger partial charge in [-0.15, -0.1) is 12.4 Å². The van der Waals surface area contributed by atoms with Crippen molar-refractivity contribution in [2.24, 2.45) is 0 Å². The van der Waals surface area contributed by atoms with Crippen LogP contribution in [-0.2, 0) is 0 Å². The van der Waals surface area contributed by atoms with Crippen molar-refractivity contribution in [1.29, 1.82) is 0 Å². The van der Waals surface area contributed by atoms with E-state index in [9.17, 15) is 14.6 Å². The molecule has 3 rings (SSSR count). The van der Waals surface area contributed by atoms with Crippen LogP contribution in [0.3, 0.4) is 0 Å². The maximum Gasteiger partial charge on any atom is 0.123 e. The van der Waals surface area contributed by atoms with Gasteiger partial charge in [0.05, 0.1) is 12.1 Å². The molecule has 3 aromatic rings. The molecule has 2 aromatic carbocycles. The van der Waals surface area contributed by atoms with Gasteiger partial charge in [-0.2, -0.15) is 0 Å². The van der Waals surface area contributed by atoms with Crippen molar-refractivity contribution in [3.8, 4) is 5.75 Å². The van der Waals surface area contributed by atoms with Crippen LogP contribution >= 0.6 is 12.4 Å². The molecule has 0 aliphatic rings. The van der Waals surface area contributed by atoms with Crippen LogP contribution in [0.1, 0.15) is 11.6 Å². The van der Waals surface area contributed by atoms with Gasteiger partial charge in [0.2, 0.25) is 0 Å². The molecular weight excluding hydrogens is 331 g/mol. The minimum Gasteiger partial charge on any atom is -0.508 e. The van der Waals surface area contributed by atoms with E-state index in [-0.39, 0.29) is 24.0 Å². The average molecular weight is 351 g/mol. The van der Waals surface area contributed by atoms with Crippen molar-refractivity contribution in [2.45, 2.75) is 12.1 Å². The number of likely N-dealkylation sites (N-methyl/N-ethyl adjacent to an activating group) is 1. The first kappa shape index (κ1) is 18.3. The number of aliphatic hydroxyl groups excluding tert-OH is 1. The fourth-order valence-electron chi connectivity index (χ4n) is 2.97. The summed E-state index contributed by atoms with van der Waals surface area (Å²) in [5, 5.41) is 24.0. The number of aliphatic hydroxyl groups is 1. The van der Waals surface area contributed by atoms with Gasteiger partial charge in [0.25, 0.3) is 0 Å². The molecule has 0 radical (unpaired) electrons. The predicted molar refractivity (Wildman–Crippen MR) is 95.3 cm³/mol. The SMILES string of the molecule is CNC[C@H](O)[C@H](c1cccc(F)c1)n1ccc2cc(O)ccc21.Cl. The summed E-state index contributed by atoms with van der Waals surface area (Å²) in [7, 11) is 1.76. The number of nitrogens with one attached hydrogen (secondary N) is 1. The van der Waals surface area contributed by atoms with Gasteiger partial charge < -0.3 is 20.1 Å². The van der Waals surface area contributed by atoms with Crippen LogP contribution in [0.2, 0.25) is 0 Å². The number of aromatic hydroxyl groups is 1. The molecule has 128 valence electrons. The van der Waals surface area contributed by atoms with Gasteiger partial charge in [-0.25, -0.2) is 4.39 Å². The Morgan fingerprint density at radius 1 is 1.17 bits per heavy atom. The Balaban J connectivity index is 0.00000208. The fraction of sp³-hybridized carbons (Fsp3) is 0.222. The highest BCUT2D eigenvalue weighted by molar-refractivity contribution is 5.85. The Hall–Kier alpha value is -2.08. The average Bonchev–Trinajstić information content (AvgIpc) is 2.91. The number of nitrogens with zero attached hydrogens (tertiary/aromatic N) is 1. The van der Waals surface area contributed by atoms with Crippen LogP contribution in [0, 0.1) is 5.82 Å². The van der Waals surface area contributed by atoms with Crippen molar-refractivity contribution >= 4 is 23.3 Å². The van der Waals surface area contributed by atoms with E-state index >= 15 is 0 Å². The normalized spacial score (nSPS) is 13.5. The number of rotatable bonds is 5. The largest absolute Gasteiger partial charge is 0.508 e. The Bertz CT molecular complexity index is 822. The maximum absolute atomic E-state index is 13.6. The minimum atomic E-state index is -0.730. The Morgan fingerprint density at radius 3 is 2.67 bits per heavy atom. The van der Waals surface area contributed by atoms with Crippen molar-refractivity contribution in [3.05, 3.63) is 66.1 Å². The quantitative estimate of drug-likeness (QED) is 0.663. The van der Waals surface area contributed by atoms with E-state index in [0.717, 1.165) is 10.9 Å². The highest BCUT2D eigenvalue weighted by Crippen LogP contribution is 2.29. The molecule has 6 heteroatoms. The Kier molecular flexibility index (Phi) is 5.83. The number of hydrogen-bond acceptors (Lipinski definition) is 3. The number of phenolic OH excluding ortho intramolecular Hbond substituents is 1. The molecule has 2 atom stereocenters. The zero-order chi connectivity index (χ0) is 16.4. The molecule has 0 bridgehead atoms. The highest BCUT2D eigenvalue weighted by atomic mass is 35.5. The number of aromatic nitrogens is 1. The number of hydrogen-bond donors (Lipinski definition) is 3. The second-order valence-electron chi connectivity index (χ2n) is 5.59. The standard InChI is InChI=1S/C18H19FN2O2.ClH/c1-20-11-17(23)18(13-3-2-4-14(19)9-13)21-8-7-12-10-15(22)5-6-16(12)21;/h2-10,17-18,20,22-23H,11H2,1H3;1H/t17-,18-;/m0./s1. The lowest BCUT2D eigenvalue weighted by Gasteiger charge is -2.26. The molecule has 0 saturated heterocycles. The third-order valence-corrected chi connectivity index (χ3v) is 3.97. The molecule has 1 heterocycles. The van der Waals surface area contributed by atoms with Crippen LogP contribution in [-0.4, -0.2) is 34.5 Å². The summed E-state index contributed by atoms with van der Waals surface area (Å²) in [5.41, 5.74) is 1.56. The molecule has 0 aliphatic heterocycles. The number of benzene rings is 2. The number of halogens is 2. The fourth-order valence-corrected chi connectivity index (χ4v) is 2.97. The van der Waals surface area contributed by atoms with E-state index in [0.29, 0.717) is 12.1 Å². The first-order valence-electron chi connectivity index (χ1n) is 7.48. The monoisotopic (exact) mass is 350 g/mol. The van der Waals surface area contributed by atoms with Crippen LogP contribution in [0.25, 0.3) is 10.9 Å². The Labute approximate surface area is 146 Å². The first-order valence-corrected chi connectivity index (χ1v) is 7.48. The molecule has 4 nitrogen and oxygen atoms in total. The van der Waals surface area contributed by atoms with Crippen molar-refractivity contribution in [3.63, 3.8) is 0 Å². The van der Waals surface area contributed by atoms with Gasteiger partial charge in [0, 0.05) is 23.6 Å². The summed E-state index contributed by atoms with van der Waals surface area (Å²) in [5.74, 6) is -0.147. The van der Waals surface area contributed by atoms with Crippen molar-refractivity contribution in [2.75, 3.05) is 13.6 Å². The van der Waals surface area contributed by atoms with Gasteiger partial charge in [-0.1, -0.05) is 12.1 Å². The van der Waals surface area contributed by atoms with E-state index in [1.54, 1.807) is 37.4 Å². The first-order chi connectivity index (χ1) is 11.1. The molecule has 24 heavy (non-hydrogen) atoms. The molecule has 0 aliphatic carbocycles. The summed E-state index contributed by atoms with van der Waals surface area (Å²) in [6.07, 6.45) is 1.12. The van der Waals surface area contributed by atoms with E-state index in [2.05, 4.69) is 5.32 Å². The molecular formula is C18H20ClFN2O2. The Morgan fingerprint density at radius 2 is 1.96 bits per heavy atom. The molecule has 0 spiro atoms. The molecule has 1 aromatic heterocycles. The predicted octanol–water partition coefficient (Wildman–Crippen LogP) is 3.08. The second kappa shape index (κ2) is 7.66. The molecule has 0 amide bonds. The smallest absolute Gasteiger partial charge is 0.123 e. The van der Waals surface area contributed by atoms with Gasteiger partial charge in [0.15, 0.2) is 0 Å². The van der Waals surface area contributed by atoms with Crippen LogP contribution < -0.4 is 5.32 Å². The summed E-state index contributed by atoms with van der Waals surface area (Å²) in [4.78, 5) is 0. The lowest BCUT2D eigenvalue weighted by molar-refractivity contribution is 0.132. The topological polar surface area (TPSA) is 57.4 Å². The summed E-state index contributed by atoms with van der Waals surface area (Å²) in [6, 6.07) is 12.8. The van der Waals surface area contributed by atoms with Crippen LogP contribution in [0.4, 0.5) is 4.39 Å². The van der Waals surface area contributed by atoms with E-state index in [1.807, 2.05) is 16.8 Å². The van der Waals surface area contributed by atoms with Crippen LogP contribution in [0.5, 0.6) is 5.75 Å². The summed E-state index contributed by atoms with van der Waals surface area (Å²) >= 11 is 0. The molecule has 0 saturated carbocycles. The molecule has 3 N–H and O–H groups in total. The lowest BCUT2D eigenvalue weighted by Crippen LogP contribution is -2.33. The van der Waals surface area contributed by atoms with E-state index < -0.39 is 12.1 Å². The molecule has 0 fully saturated rings. The van der Waals surface area contributed by atoms with Crippen LogP contribution in [0.15, 0.2) is 54.7 Å². The van der Waals surface area contributed by atoms with Gasteiger partial charge >= 0.3 is 0 Å². The lowest BCUT2D eigenvalue weighted by atomic mass is 10.0. The zero-order valence-electron chi connectivity index (χ0n) is 13.2. The van der Waals surface area contributed by atoms with E-state index in [4.69, 9.17) is 0 Å². The third kappa shape index (κ3) is 3.53. The zero-order valence-corrected chi connectivity index (χ0v) is 14.0. The minimum absolute atomic E-state index is 0. The third-order valence-electron chi connectivity index (χ3n) is 3.97. The summed E-state index contributed by atoms with van der Waals surface area (Å²) < 4.78 is 15.6. The second-order valence-corrected chi connectivity index (χ2v) is 5.59. The molecule has 0 unspecified atom stereocenters. The summed E-state index contributed by atoms with van der Waals surface area (Å²) in [6.45, 7) is 0.374. The highest BCUT2D eigenvalue weighted by Gasteiger charge is 2.24. The number of fused-ring (bicyclic) bond motifs is 1. The number of phenols is 1. The maximum atomic E-state index is 13.6. The van der Waals surface area contributed by atoms with E-state index in [1.165, 1.54) is 12.1 Å². The van der Waals surface area contributed by atoms with Crippen molar-refractivity contribution in [1.82, 2.24) is 9.88 Å². The van der Waals surface area contributed by atoms with Gasteiger partial charge in [-0.3, -0.25) is 0 Å². The van der Waals surface area contributed by atoms with Gasteiger partial charge in [-0.05, 0) is 49.0 Å². The van der Waals surface area contributed by atoms with Crippen molar-refractivity contribution < 1.29 is 14.6 Å².